The van der Waals surface area contributed by atoms with E-state index < -0.39 is 0 Å². The number of rotatable bonds is 3. The molecule has 132 valence electrons. The quantitative estimate of drug-likeness (QED) is 0.694. The number of hydrogen-bond donors (Lipinski definition) is 1. The van der Waals surface area contributed by atoms with Crippen LogP contribution in [0.25, 0.3) is 16.7 Å². The second-order valence-corrected chi connectivity index (χ2v) is 8.41. The van der Waals surface area contributed by atoms with E-state index in [-0.39, 0.29) is 11.2 Å². The van der Waals surface area contributed by atoms with E-state index in [4.69, 9.17) is 11.6 Å². The van der Waals surface area contributed by atoms with Gasteiger partial charge in [-0.2, -0.15) is 0 Å². The third-order valence-electron chi connectivity index (χ3n) is 4.22. The van der Waals surface area contributed by atoms with Crippen LogP contribution < -0.4 is 0 Å². The van der Waals surface area contributed by atoms with Crippen LogP contribution in [0.5, 0.6) is 5.75 Å². The lowest BCUT2D eigenvalue weighted by Gasteiger charge is -2.22. The number of aromatic hydroxyl groups is 1. The Morgan fingerprint density at radius 3 is 2.40 bits per heavy atom. The fraction of sp³-hybridized carbons (Fsp3) is 0.400. The lowest BCUT2D eigenvalue weighted by Crippen LogP contribution is -2.14. The number of phenols is 1. The van der Waals surface area contributed by atoms with Gasteiger partial charge in [-0.1, -0.05) is 52.3 Å². The molecule has 1 aromatic heterocycles. The molecule has 4 nitrogen and oxygen atoms in total. The average molecular weight is 358 g/mol. The van der Waals surface area contributed by atoms with Crippen molar-refractivity contribution in [2.45, 2.75) is 46.5 Å². The third kappa shape index (κ3) is 3.64. The molecule has 3 aromatic rings. The van der Waals surface area contributed by atoms with E-state index >= 15 is 0 Å². The maximum atomic E-state index is 10.8. The maximum Gasteiger partial charge on any atom is 0.146 e. The molecule has 0 unspecified atom stereocenters. The summed E-state index contributed by atoms with van der Waals surface area (Å²) >= 11 is 6.05. The average Bonchev–Trinajstić information content (AvgIpc) is 2.90. The number of nitrogens with zero attached hydrogens (tertiary/aromatic N) is 3. The van der Waals surface area contributed by atoms with E-state index in [1.807, 2.05) is 12.1 Å². The Balaban J connectivity index is 2.21. The van der Waals surface area contributed by atoms with Crippen molar-refractivity contribution in [2.75, 3.05) is 0 Å². The zero-order valence-corrected chi connectivity index (χ0v) is 16.1. The number of fused-ring (bicyclic) bond motifs is 1. The van der Waals surface area contributed by atoms with Gasteiger partial charge >= 0.3 is 0 Å². The van der Waals surface area contributed by atoms with Crippen LogP contribution in [-0.2, 0) is 11.8 Å². The van der Waals surface area contributed by atoms with Crippen LogP contribution >= 0.6 is 11.6 Å². The number of aromatic nitrogens is 3. The van der Waals surface area contributed by atoms with Gasteiger partial charge in [0, 0.05) is 5.02 Å². The summed E-state index contributed by atoms with van der Waals surface area (Å²) in [7, 11) is 0. The number of halogens is 1. The van der Waals surface area contributed by atoms with E-state index in [1.165, 1.54) is 4.80 Å². The van der Waals surface area contributed by atoms with Gasteiger partial charge < -0.3 is 5.11 Å². The summed E-state index contributed by atoms with van der Waals surface area (Å²) in [5, 5.41) is 20.5. The van der Waals surface area contributed by atoms with Gasteiger partial charge in [-0.15, -0.1) is 15.0 Å². The molecular weight excluding hydrogens is 334 g/mol. The molecular formula is C20H24ClN3O. The van der Waals surface area contributed by atoms with Gasteiger partial charge in [0.2, 0.25) is 0 Å². The van der Waals surface area contributed by atoms with Crippen molar-refractivity contribution in [1.82, 2.24) is 15.0 Å². The van der Waals surface area contributed by atoms with Crippen molar-refractivity contribution in [3.05, 3.63) is 46.5 Å². The van der Waals surface area contributed by atoms with Crippen molar-refractivity contribution >= 4 is 22.6 Å². The van der Waals surface area contributed by atoms with Gasteiger partial charge in [0.1, 0.15) is 22.5 Å². The first-order valence-corrected chi connectivity index (χ1v) is 8.92. The molecule has 0 aliphatic heterocycles. The first-order chi connectivity index (χ1) is 11.6. The van der Waals surface area contributed by atoms with Crippen LogP contribution in [0.15, 0.2) is 30.3 Å². The van der Waals surface area contributed by atoms with Gasteiger partial charge in [0.15, 0.2) is 0 Å². The predicted molar refractivity (Wildman–Crippen MR) is 103 cm³/mol. The molecule has 3 rings (SSSR count). The maximum absolute atomic E-state index is 10.8. The largest absolute Gasteiger partial charge is 0.505 e. The zero-order chi connectivity index (χ0) is 18.4. The smallest absolute Gasteiger partial charge is 0.146 e. The fourth-order valence-electron chi connectivity index (χ4n) is 2.85. The van der Waals surface area contributed by atoms with Crippen molar-refractivity contribution in [3.63, 3.8) is 0 Å². The first-order valence-electron chi connectivity index (χ1n) is 8.54. The van der Waals surface area contributed by atoms with Crippen molar-refractivity contribution in [3.8, 4) is 11.4 Å². The SMILES string of the molecule is CC(C)Cc1cc(C(C)(C)C)cc(-n2nc3ccc(Cl)cc3n2)c1O. The van der Waals surface area contributed by atoms with Crippen LogP contribution in [0.4, 0.5) is 0 Å². The Morgan fingerprint density at radius 2 is 1.76 bits per heavy atom. The summed E-state index contributed by atoms with van der Waals surface area (Å²) in [5.74, 6) is 0.686. The summed E-state index contributed by atoms with van der Waals surface area (Å²) in [5.41, 5.74) is 4.10. The van der Waals surface area contributed by atoms with Crippen molar-refractivity contribution in [2.24, 2.45) is 5.92 Å². The Bertz CT molecular complexity index is 923. The molecule has 0 radical (unpaired) electrons. The van der Waals surface area contributed by atoms with Gasteiger partial charge in [-0.05, 0) is 53.1 Å². The highest BCUT2D eigenvalue weighted by molar-refractivity contribution is 6.31. The van der Waals surface area contributed by atoms with Gasteiger partial charge in [0.05, 0.1) is 0 Å². The molecule has 0 spiro atoms. The lowest BCUT2D eigenvalue weighted by molar-refractivity contribution is 0.453. The molecule has 0 aliphatic carbocycles. The van der Waals surface area contributed by atoms with Gasteiger partial charge in [0.25, 0.3) is 0 Å². The second kappa shape index (κ2) is 6.34. The summed E-state index contributed by atoms with van der Waals surface area (Å²) in [6.07, 6.45) is 0.801. The van der Waals surface area contributed by atoms with Crippen molar-refractivity contribution < 1.29 is 5.11 Å². The Morgan fingerprint density at radius 1 is 1.08 bits per heavy atom. The van der Waals surface area contributed by atoms with E-state index in [1.54, 1.807) is 12.1 Å². The second-order valence-electron chi connectivity index (χ2n) is 7.97. The zero-order valence-electron chi connectivity index (χ0n) is 15.3. The molecule has 0 aliphatic rings. The van der Waals surface area contributed by atoms with E-state index in [0.717, 1.165) is 23.1 Å². The predicted octanol–water partition coefficient (Wildman–Crippen LogP) is 5.28. The minimum atomic E-state index is -0.0376. The highest BCUT2D eigenvalue weighted by Crippen LogP contribution is 2.34. The van der Waals surface area contributed by atoms with E-state index in [0.29, 0.717) is 22.1 Å². The van der Waals surface area contributed by atoms with Crippen LogP contribution in [0.1, 0.15) is 45.7 Å². The molecule has 1 heterocycles. The molecule has 0 saturated carbocycles. The Hall–Kier alpha value is -2.07. The number of benzene rings is 2. The minimum Gasteiger partial charge on any atom is -0.505 e. The molecule has 0 fully saturated rings. The molecule has 5 heteroatoms. The van der Waals surface area contributed by atoms with Crippen molar-refractivity contribution in [1.29, 1.82) is 0 Å². The minimum absolute atomic E-state index is 0.0376. The number of phenolic OH excluding ortho intramolecular Hbond substituents is 1. The van der Waals surface area contributed by atoms with Gasteiger partial charge in [-0.3, -0.25) is 0 Å². The Kier molecular flexibility index (Phi) is 4.50. The number of hydrogen-bond acceptors (Lipinski definition) is 3. The first kappa shape index (κ1) is 17.7. The summed E-state index contributed by atoms with van der Waals surface area (Å²) in [4.78, 5) is 1.51. The summed E-state index contributed by atoms with van der Waals surface area (Å²) in [6.45, 7) is 10.8. The molecule has 25 heavy (non-hydrogen) atoms. The molecule has 2 aromatic carbocycles. The van der Waals surface area contributed by atoms with Crippen LogP contribution in [0.2, 0.25) is 5.02 Å². The highest BCUT2D eigenvalue weighted by atomic mass is 35.5. The fourth-order valence-corrected chi connectivity index (χ4v) is 3.02. The molecule has 0 saturated heterocycles. The summed E-state index contributed by atoms with van der Waals surface area (Å²) < 4.78 is 0. The van der Waals surface area contributed by atoms with E-state index in [9.17, 15) is 5.11 Å². The lowest BCUT2D eigenvalue weighted by atomic mass is 9.84. The molecule has 0 amide bonds. The monoisotopic (exact) mass is 357 g/mol. The van der Waals surface area contributed by atoms with Crippen LogP contribution in [0.3, 0.4) is 0 Å². The highest BCUT2D eigenvalue weighted by Gasteiger charge is 2.21. The van der Waals surface area contributed by atoms with Crippen LogP contribution in [0, 0.1) is 5.92 Å². The Labute approximate surface area is 153 Å². The molecule has 0 atom stereocenters. The summed E-state index contributed by atoms with van der Waals surface area (Å²) in [6, 6.07) is 9.47. The standard InChI is InChI=1S/C20H24ClN3O/c1-12(2)8-13-9-14(20(3,4)5)10-18(19(13)25)24-22-16-7-6-15(21)11-17(16)23-24/h6-7,9-12,25H,8H2,1-5H3. The van der Waals surface area contributed by atoms with Crippen LogP contribution in [-0.4, -0.2) is 20.1 Å². The normalized spacial score (nSPS) is 12.3. The topological polar surface area (TPSA) is 50.9 Å². The van der Waals surface area contributed by atoms with Gasteiger partial charge in [-0.25, -0.2) is 0 Å². The molecule has 0 bridgehead atoms. The molecule has 1 N–H and O–H groups in total. The third-order valence-corrected chi connectivity index (χ3v) is 4.46. The van der Waals surface area contributed by atoms with E-state index in [2.05, 4.69) is 50.9 Å².